The summed E-state index contributed by atoms with van der Waals surface area (Å²) in [5.41, 5.74) is 5.57. The summed E-state index contributed by atoms with van der Waals surface area (Å²) < 4.78 is 0. The second kappa shape index (κ2) is 8.47. The lowest BCUT2D eigenvalue weighted by atomic mass is 10.1. The molecule has 0 spiro atoms. The summed E-state index contributed by atoms with van der Waals surface area (Å²) in [5, 5.41) is 2.64. The van der Waals surface area contributed by atoms with Crippen LogP contribution < -0.4 is 11.1 Å². The summed E-state index contributed by atoms with van der Waals surface area (Å²) in [4.78, 5) is 14.1. The molecule has 16 heavy (non-hydrogen) atoms. The number of nitrogens with two attached hydrogens (primary N) is 1. The van der Waals surface area contributed by atoms with Gasteiger partial charge in [-0.05, 0) is 19.4 Å². The van der Waals surface area contributed by atoms with Crippen LogP contribution in [-0.4, -0.2) is 42.0 Å². The zero-order valence-electron chi connectivity index (χ0n) is 10.5. The van der Waals surface area contributed by atoms with Gasteiger partial charge in [-0.1, -0.05) is 26.1 Å². The van der Waals surface area contributed by atoms with E-state index >= 15 is 0 Å². The summed E-state index contributed by atoms with van der Waals surface area (Å²) in [6.45, 7) is 5.51. The molecule has 0 aromatic heterocycles. The van der Waals surface area contributed by atoms with Crippen molar-refractivity contribution in [1.82, 2.24) is 10.2 Å². The largest absolute Gasteiger partial charge is 0.393 e. The van der Waals surface area contributed by atoms with Gasteiger partial charge in [0.1, 0.15) is 0 Å². The Morgan fingerprint density at radius 1 is 1.50 bits per heavy atom. The number of amides is 1. The highest BCUT2D eigenvalue weighted by Crippen LogP contribution is 2.09. The number of hydrogen-bond donors (Lipinski definition) is 2. The summed E-state index contributed by atoms with van der Waals surface area (Å²) in [6, 6.07) is 0.273. The van der Waals surface area contributed by atoms with Gasteiger partial charge in [0.2, 0.25) is 5.91 Å². The first kappa shape index (κ1) is 15.3. The quantitative estimate of drug-likeness (QED) is 0.624. The molecule has 0 rings (SSSR count). The monoisotopic (exact) mass is 245 g/mol. The number of carbonyl (C=O) groups excluding carboxylic acids is 1. The number of likely N-dealkylation sites (N-methyl/N-ethyl adjacent to an activating group) is 1. The minimum Gasteiger partial charge on any atom is -0.393 e. The summed E-state index contributed by atoms with van der Waals surface area (Å²) in [5.74, 6) is 0.0369. The van der Waals surface area contributed by atoms with Crippen molar-refractivity contribution in [3.05, 3.63) is 0 Å². The molecule has 0 saturated heterocycles. The Morgan fingerprint density at radius 3 is 2.50 bits per heavy atom. The fraction of sp³-hybridized carbons (Fsp3) is 0.818. The van der Waals surface area contributed by atoms with Crippen molar-refractivity contribution in [2.45, 2.75) is 39.2 Å². The van der Waals surface area contributed by atoms with Crippen molar-refractivity contribution < 1.29 is 4.79 Å². The highest BCUT2D eigenvalue weighted by Gasteiger charge is 2.18. The van der Waals surface area contributed by atoms with E-state index in [1.807, 2.05) is 0 Å². The molecule has 0 aromatic carbocycles. The van der Waals surface area contributed by atoms with Gasteiger partial charge in [-0.25, -0.2) is 0 Å². The van der Waals surface area contributed by atoms with Crippen molar-refractivity contribution in [1.29, 1.82) is 0 Å². The van der Waals surface area contributed by atoms with E-state index in [-0.39, 0.29) is 11.9 Å². The first-order chi connectivity index (χ1) is 7.54. The molecule has 0 aliphatic carbocycles. The predicted octanol–water partition coefficient (Wildman–Crippen LogP) is 0.899. The minimum absolute atomic E-state index is 0.0369. The van der Waals surface area contributed by atoms with E-state index in [4.69, 9.17) is 18.0 Å². The lowest BCUT2D eigenvalue weighted by Crippen LogP contribution is -2.43. The van der Waals surface area contributed by atoms with Crippen molar-refractivity contribution in [3.63, 3.8) is 0 Å². The van der Waals surface area contributed by atoms with Crippen LogP contribution in [0.2, 0.25) is 0 Å². The highest BCUT2D eigenvalue weighted by molar-refractivity contribution is 7.80. The Morgan fingerprint density at radius 2 is 2.12 bits per heavy atom. The van der Waals surface area contributed by atoms with Crippen molar-refractivity contribution in [3.8, 4) is 0 Å². The van der Waals surface area contributed by atoms with Gasteiger partial charge in [-0.2, -0.15) is 0 Å². The second-order valence-corrected chi connectivity index (χ2v) is 4.40. The van der Waals surface area contributed by atoms with Crippen molar-refractivity contribution in [2.24, 2.45) is 5.73 Å². The van der Waals surface area contributed by atoms with E-state index in [1.54, 1.807) is 7.05 Å². The topological polar surface area (TPSA) is 58.4 Å². The first-order valence-corrected chi connectivity index (χ1v) is 6.18. The molecule has 5 heteroatoms. The Hall–Kier alpha value is -0.680. The van der Waals surface area contributed by atoms with Crippen molar-refractivity contribution in [2.75, 3.05) is 20.1 Å². The van der Waals surface area contributed by atoms with E-state index in [0.29, 0.717) is 18.0 Å². The molecule has 1 atom stereocenters. The fourth-order valence-electron chi connectivity index (χ4n) is 1.71. The number of thiocarbonyl (C=S) groups is 1. The van der Waals surface area contributed by atoms with Crippen LogP contribution in [0.25, 0.3) is 0 Å². The normalized spacial score (nSPS) is 12.5. The summed E-state index contributed by atoms with van der Waals surface area (Å²) in [7, 11) is 1.65. The molecule has 0 saturated carbocycles. The zero-order chi connectivity index (χ0) is 12.6. The third kappa shape index (κ3) is 6.02. The Kier molecular flexibility index (Phi) is 8.11. The van der Waals surface area contributed by atoms with Crippen LogP contribution in [0.5, 0.6) is 0 Å². The maximum absolute atomic E-state index is 11.4. The molecule has 0 aliphatic rings. The lowest BCUT2D eigenvalue weighted by Gasteiger charge is -2.29. The fourth-order valence-corrected chi connectivity index (χ4v) is 1.90. The number of nitrogens with one attached hydrogen (secondary N) is 1. The lowest BCUT2D eigenvalue weighted by molar-refractivity contribution is -0.122. The highest BCUT2D eigenvalue weighted by atomic mass is 32.1. The molecule has 94 valence electrons. The maximum atomic E-state index is 11.4. The van der Waals surface area contributed by atoms with Gasteiger partial charge >= 0.3 is 0 Å². The van der Waals surface area contributed by atoms with Crippen molar-refractivity contribution >= 4 is 23.1 Å². The van der Waals surface area contributed by atoms with Crippen LogP contribution in [-0.2, 0) is 4.79 Å². The van der Waals surface area contributed by atoms with E-state index in [9.17, 15) is 4.79 Å². The van der Waals surface area contributed by atoms with Gasteiger partial charge in [-0.3, -0.25) is 9.69 Å². The number of hydrogen-bond acceptors (Lipinski definition) is 3. The molecular formula is C11H23N3OS. The van der Waals surface area contributed by atoms with Crippen LogP contribution in [0.1, 0.15) is 33.1 Å². The first-order valence-electron chi connectivity index (χ1n) is 5.78. The Bertz CT molecular complexity index is 233. The maximum Gasteiger partial charge on any atom is 0.233 e. The van der Waals surface area contributed by atoms with Crippen LogP contribution in [0.15, 0.2) is 0 Å². The predicted molar refractivity (Wildman–Crippen MR) is 71.4 cm³/mol. The van der Waals surface area contributed by atoms with Gasteiger partial charge in [0.15, 0.2) is 0 Å². The molecule has 0 fully saturated rings. The van der Waals surface area contributed by atoms with Crippen LogP contribution in [0.3, 0.4) is 0 Å². The molecular weight excluding hydrogens is 222 g/mol. The summed E-state index contributed by atoms with van der Waals surface area (Å²) in [6.07, 6.45) is 2.65. The molecule has 1 amide bonds. The van der Waals surface area contributed by atoms with Gasteiger partial charge in [0.25, 0.3) is 0 Å². The van der Waals surface area contributed by atoms with E-state index in [0.717, 1.165) is 19.4 Å². The average Bonchev–Trinajstić information content (AvgIpc) is 2.24. The second-order valence-electron chi connectivity index (χ2n) is 3.88. The van der Waals surface area contributed by atoms with Crippen LogP contribution >= 0.6 is 12.2 Å². The molecule has 0 aromatic rings. The molecule has 0 radical (unpaired) electrons. The smallest absolute Gasteiger partial charge is 0.233 e. The van der Waals surface area contributed by atoms with E-state index in [1.165, 1.54) is 0 Å². The SMILES string of the molecule is CCCN(CC(=O)NC)C(CC)CC(N)=S. The molecule has 4 nitrogen and oxygen atoms in total. The average molecular weight is 245 g/mol. The van der Waals surface area contributed by atoms with Gasteiger partial charge < -0.3 is 11.1 Å². The number of rotatable bonds is 8. The minimum atomic E-state index is 0.0369. The molecule has 1 unspecified atom stereocenters. The van der Waals surface area contributed by atoms with E-state index < -0.39 is 0 Å². The standard InChI is InChI=1S/C11H23N3OS/c1-4-6-14(8-11(15)13-3)9(5-2)7-10(12)16/h9H,4-8H2,1-3H3,(H2,12,16)(H,13,15). The molecule has 0 bridgehead atoms. The third-order valence-corrected chi connectivity index (χ3v) is 2.73. The van der Waals surface area contributed by atoms with Crippen LogP contribution in [0, 0.1) is 0 Å². The third-order valence-electron chi connectivity index (χ3n) is 2.56. The molecule has 0 heterocycles. The van der Waals surface area contributed by atoms with E-state index in [2.05, 4.69) is 24.1 Å². The van der Waals surface area contributed by atoms with Gasteiger partial charge in [-0.15, -0.1) is 0 Å². The van der Waals surface area contributed by atoms with Gasteiger partial charge in [0.05, 0.1) is 11.5 Å². The van der Waals surface area contributed by atoms with Gasteiger partial charge in [0, 0.05) is 19.5 Å². The molecule has 0 aliphatic heterocycles. The zero-order valence-corrected chi connectivity index (χ0v) is 11.3. The number of carbonyl (C=O) groups is 1. The Balaban J connectivity index is 4.44. The Labute approximate surface area is 104 Å². The molecule has 3 N–H and O–H groups in total. The summed E-state index contributed by atoms with van der Waals surface area (Å²) >= 11 is 4.93. The number of nitrogens with zero attached hydrogens (tertiary/aromatic N) is 1. The van der Waals surface area contributed by atoms with Crippen LogP contribution in [0.4, 0.5) is 0 Å².